The summed E-state index contributed by atoms with van der Waals surface area (Å²) in [7, 11) is 2.36. The Morgan fingerprint density at radius 2 is 1.60 bits per heavy atom. The van der Waals surface area contributed by atoms with Crippen molar-refractivity contribution in [1.82, 2.24) is 14.7 Å². The predicted octanol–water partition coefficient (Wildman–Crippen LogP) is 2.52. The molecule has 0 unspecified atom stereocenters. The first kappa shape index (κ1) is 16.3. The molecule has 0 spiro atoms. The zero-order chi connectivity index (χ0) is 14.5. The van der Waals surface area contributed by atoms with Gasteiger partial charge >= 0.3 is 0 Å². The van der Waals surface area contributed by atoms with Crippen molar-refractivity contribution in [2.75, 3.05) is 46.3 Å². The summed E-state index contributed by atoms with van der Waals surface area (Å²) in [5.74, 6) is 0.930. The standard InChI is InChI=1S/C17H35N3/c1-5-19-10-8-17(9-11-19)18(4)14-16-6-12-20(13-7-16)15(2)3/h15-17H,5-14H2,1-4H3. The number of likely N-dealkylation sites (tertiary alicyclic amines) is 2. The van der Waals surface area contributed by atoms with E-state index in [0.717, 1.165) is 18.0 Å². The number of hydrogen-bond donors (Lipinski definition) is 0. The normalized spacial score (nSPS) is 24.9. The fraction of sp³-hybridized carbons (Fsp3) is 1.00. The second-order valence-corrected chi connectivity index (χ2v) is 7.18. The zero-order valence-corrected chi connectivity index (χ0v) is 14.1. The first-order chi connectivity index (χ1) is 9.60. The average Bonchev–Trinajstić information content (AvgIpc) is 2.48. The summed E-state index contributed by atoms with van der Waals surface area (Å²) in [5, 5.41) is 0. The molecule has 2 saturated heterocycles. The van der Waals surface area contributed by atoms with E-state index in [1.54, 1.807) is 0 Å². The van der Waals surface area contributed by atoms with Crippen LogP contribution in [0.2, 0.25) is 0 Å². The quantitative estimate of drug-likeness (QED) is 0.767. The monoisotopic (exact) mass is 281 g/mol. The van der Waals surface area contributed by atoms with Gasteiger partial charge in [-0.25, -0.2) is 0 Å². The highest BCUT2D eigenvalue weighted by atomic mass is 15.2. The van der Waals surface area contributed by atoms with E-state index >= 15 is 0 Å². The lowest BCUT2D eigenvalue weighted by Crippen LogP contribution is -2.46. The van der Waals surface area contributed by atoms with Crippen LogP contribution in [-0.4, -0.2) is 73.1 Å². The molecule has 0 N–H and O–H groups in total. The molecule has 2 aliphatic heterocycles. The molecule has 3 heteroatoms. The molecule has 3 nitrogen and oxygen atoms in total. The van der Waals surface area contributed by atoms with Gasteiger partial charge < -0.3 is 14.7 Å². The summed E-state index contributed by atoms with van der Waals surface area (Å²) in [5.41, 5.74) is 0. The average molecular weight is 281 g/mol. The molecular weight excluding hydrogens is 246 g/mol. The maximum absolute atomic E-state index is 2.67. The summed E-state index contributed by atoms with van der Waals surface area (Å²) in [6, 6.07) is 1.56. The van der Waals surface area contributed by atoms with Crippen LogP contribution < -0.4 is 0 Å². The number of rotatable bonds is 5. The molecule has 0 radical (unpaired) electrons. The van der Waals surface area contributed by atoms with Crippen molar-refractivity contribution in [3.63, 3.8) is 0 Å². The Morgan fingerprint density at radius 1 is 1.00 bits per heavy atom. The molecule has 0 aromatic rings. The highest BCUT2D eigenvalue weighted by molar-refractivity contribution is 4.81. The second-order valence-electron chi connectivity index (χ2n) is 7.18. The molecule has 2 fully saturated rings. The van der Waals surface area contributed by atoms with Crippen molar-refractivity contribution in [3.05, 3.63) is 0 Å². The van der Waals surface area contributed by atoms with Gasteiger partial charge in [0, 0.05) is 18.6 Å². The summed E-state index contributed by atoms with van der Waals surface area (Å²) in [4.78, 5) is 7.89. The van der Waals surface area contributed by atoms with E-state index in [4.69, 9.17) is 0 Å². The van der Waals surface area contributed by atoms with Crippen LogP contribution in [0.3, 0.4) is 0 Å². The van der Waals surface area contributed by atoms with Gasteiger partial charge in [0.1, 0.15) is 0 Å². The number of nitrogens with zero attached hydrogens (tertiary/aromatic N) is 3. The van der Waals surface area contributed by atoms with Gasteiger partial charge in [-0.2, -0.15) is 0 Å². The van der Waals surface area contributed by atoms with Crippen LogP contribution in [0.25, 0.3) is 0 Å². The van der Waals surface area contributed by atoms with Crippen LogP contribution in [-0.2, 0) is 0 Å². The van der Waals surface area contributed by atoms with E-state index in [2.05, 4.69) is 42.5 Å². The van der Waals surface area contributed by atoms with Crippen LogP contribution in [0.15, 0.2) is 0 Å². The lowest BCUT2D eigenvalue weighted by Gasteiger charge is -2.40. The third-order valence-electron chi connectivity index (χ3n) is 5.55. The van der Waals surface area contributed by atoms with Crippen molar-refractivity contribution < 1.29 is 0 Å². The molecule has 0 bridgehead atoms. The maximum Gasteiger partial charge on any atom is 0.0117 e. The summed E-state index contributed by atoms with van der Waals surface area (Å²) in [6.07, 6.45) is 5.54. The Labute approximate surface area is 126 Å². The SMILES string of the molecule is CCN1CCC(N(C)CC2CCN(C(C)C)CC2)CC1. The molecule has 2 rings (SSSR count). The minimum absolute atomic E-state index is 0.729. The number of hydrogen-bond acceptors (Lipinski definition) is 3. The van der Waals surface area contributed by atoms with E-state index in [1.807, 2.05) is 0 Å². The van der Waals surface area contributed by atoms with Gasteiger partial charge in [-0.1, -0.05) is 6.92 Å². The van der Waals surface area contributed by atoms with E-state index in [-0.39, 0.29) is 0 Å². The van der Waals surface area contributed by atoms with E-state index < -0.39 is 0 Å². The van der Waals surface area contributed by atoms with E-state index in [9.17, 15) is 0 Å². The van der Waals surface area contributed by atoms with Gasteiger partial charge in [-0.05, 0) is 85.2 Å². The molecular formula is C17H35N3. The molecule has 0 aromatic heterocycles. The van der Waals surface area contributed by atoms with Crippen LogP contribution in [0.1, 0.15) is 46.5 Å². The van der Waals surface area contributed by atoms with Crippen molar-refractivity contribution >= 4 is 0 Å². The van der Waals surface area contributed by atoms with Crippen LogP contribution in [0.5, 0.6) is 0 Å². The second kappa shape index (κ2) is 7.77. The molecule has 0 aliphatic carbocycles. The Kier molecular flexibility index (Phi) is 6.31. The lowest BCUT2D eigenvalue weighted by molar-refractivity contribution is 0.0892. The largest absolute Gasteiger partial charge is 0.303 e. The summed E-state index contributed by atoms with van der Waals surface area (Å²) >= 11 is 0. The van der Waals surface area contributed by atoms with Gasteiger partial charge in [0.25, 0.3) is 0 Å². The third kappa shape index (κ3) is 4.44. The van der Waals surface area contributed by atoms with Crippen LogP contribution in [0.4, 0.5) is 0 Å². The van der Waals surface area contributed by atoms with Gasteiger partial charge in [0.2, 0.25) is 0 Å². The number of piperidine rings is 2. The maximum atomic E-state index is 2.67. The van der Waals surface area contributed by atoms with Crippen LogP contribution >= 0.6 is 0 Å². The molecule has 118 valence electrons. The molecule has 2 heterocycles. The first-order valence-electron chi connectivity index (χ1n) is 8.76. The molecule has 2 aliphatic rings. The fourth-order valence-electron chi connectivity index (χ4n) is 3.88. The minimum Gasteiger partial charge on any atom is -0.303 e. The molecule has 0 amide bonds. The van der Waals surface area contributed by atoms with Crippen LogP contribution in [0, 0.1) is 5.92 Å². The third-order valence-corrected chi connectivity index (χ3v) is 5.55. The summed E-state index contributed by atoms with van der Waals surface area (Å²) in [6.45, 7) is 14.7. The van der Waals surface area contributed by atoms with E-state index in [1.165, 1.54) is 65.0 Å². The zero-order valence-electron chi connectivity index (χ0n) is 14.1. The van der Waals surface area contributed by atoms with Gasteiger partial charge in [0.05, 0.1) is 0 Å². The van der Waals surface area contributed by atoms with Gasteiger partial charge in [-0.3, -0.25) is 0 Å². The fourth-order valence-corrected chi connectivity index (χ4v) is 3.88. The molecule has 0 saturated carbocycles. The predicted molar refractivity (Wildman–Crippen MR) is 87.2 cm³/mol. The van der Waals surface area contributed by atoms with Crippen molar-refractivity contribution in [2.24, 2.45) is 5.92 Å². The summed E-state index contributed by atoms with van der Waals surface area (Å²) < 4.78 is 0. The van der Waals surface area contributed by atoms with Crippen molar-refractivity contribution in [2.45, 2.75) is 58.5 Å². The van der Waals surface area contributed by atoms with Crippen molar-refractivity contribution in [3.8, 4) is 0 Å². The van der Waals surface area contributed by atoms with Crippen molar-refractivity contribution in [1.29, 1.82) is 0 Å². The van der Waals surface area contributed by atoms with Gasteiger partial charge in [-0.15, -0.1) is 0 Å². The van der Waals surface area contributed by atoms with E-state index in [0.29, 0.717) is 0 Å². The lowest BCUT2D eigenvalue weighted by atomic mass is 9.94. The topological polar surface area (TPSA) is 9.72 Å². The van der Waals surface area contributed by atoms with Gasteiger partial charge in [0.15, 0.2) is 0 Å². The minimum atomic E-state index is 0.729. The highest BCUT2D eigenvalue weighted by Crippen LogP contribution is 2.22. The Bertz CT molecular complexity index is 263. The molecule has 0 aromatic carbocycles. The Hall–Kier alpha value is -0.120. The Balaban J connectivity index is 1.69. The molecule has 0 atom stereocenters. The Morgan fingerprint density at radius 3 is 2.10 bits per heavy atom. The first-order valence-corrected chi connectivity index (χ1v) is 8.76. The smallest absolute Gasteiger partial charge is 0.0117 e. The highest BCUT2D eigenvalue weighted by Gasteiger charge is 2.26. The molecule has 20 heavy (non-hydrogen) atoms.